The zero-order valence-electron chi connectivity index (χ0n) is 15.4. The first-order valence-corrected chi connectivity index (χ1v) is 10.6. The number of benzene rings is 2. The number of hydrogen-bond donors (Lipinski definition) is 1. The van der Waals surface area contributed by atoms with Crippen LogP contribution in [0.15, 0.2) is 64.0 Å². The molecule has 0 aliphatic heterocycles. The fourth-order valence-corrected chi connectivity index (χ4v) is 3.86. The summed E-state index contributed by atoms with van der Waals surface area (Å²) >= 11 is 2.81. The van der Waals surface area contributed by atoms with Gasteiger partial charge in [0.05, 0.1) is 18.6 Å². The Kier molecular flexibility index (Phi) is 7.57. The van der Waals surface area contributed by atoms with E-state index in [2.05, 4.69) is 27.6 Å². The summed E-state index contributed by atoms with van der Waals surface area (Å²) < 4.78 is 6.33. The number of carbonyl (C=O) groups excluding carboxylic acids is 1. The molecule has 3 aromatic rings. The van der Waals surface area contributed by atoms with Crippen LogP contribution in [-0.2, 0) is 4.79 Å². The number of hydrazone groups is 1. The second-order valence-electron chi connectivity index (χ2n) is 5.74. The van der Waals surface area contributed by atoms with Gasteiger partial charge in [-0.05, 0) is 24.1 Å². The van der Waals surface area contributed by atoms with Crippen molar-refractivity contribution in [3.05, 3.63) is 60.2 Å². The normalized spacial score (nSPS) is 10.9. The van der Waals surface area contributed by atoms with Crippen molar-refractivity contribution < 1.29 is 9.53 Å². The van der Waals surface area contributed by atoms with Crippen molar-refractivity contribution >= 4 is 35.2 Å². The third-order valence-electron chi connectivity index (χ3n) is 3.49. The van der Waals surface area contributed by atoms with Crippen molar-refractivity contribution in [1.29, 1.82) is 0 Å². The molecule has 1 aromatic heterocycles. The summed E-state index contributed by atoms with van der Waals surface area (Å²) in [7, 11) is 0. The first-order valence-electron chi connectivity index (χ1n) is 8.81. The molecule has 0 radical (unpaired) electrons. The van der Waals surface area contributed by atoms with Gasteiger partial charge in [-0.15, -0.1) is 10.2 Å². The molecule has 1 N–H and O–H groups in total. The SMILES string of the molecule is CCCOc1cccc(C=NNC(=O)CSc2nnc(-c3ccccc3)s2)c1. The molecule has 3 rings (SSSR count). The summed E-state index contributed by atoms with van der Waals surface area (Å²) in [6.07, 6.45) is 2.55. The zero-order valence-corrected chi connectivity index (χ0v) is 17.0. The fraction of sp³-hybridized carbons (Fsp3) is 0.200. The van der Waals surface area contributed by atoms with Gasteiger partial charge in [-0.2, -0.15) is 5.10 Å². The topological polar surface area (TPSA) is 76.5 Å². The van der Waals surface area contributed by atoms with Crippen molar-refractivity contribution in [1.82, 2.24) is 15.6 Å². The van der Waals surface area contributed by atoms with Crippen LogP contribution in [0.1, 0.15) is 18.9 Å². The monoisotopic (exact) mass is 412 g/mol. The molecule has 0 aliphatic rings. The number of ether oxygens (including phenoxy) is 1. The quantitative estimate of drug-likeness (QED) is 0.323. The summed E-state index contributed by atoms with van der Waals surface area (Å²) in [4.78, 5) is 12.0. The molecule has 1 heterocycles. The van der Waals surface area contributed by atoms with Crippen LogP contribution < -0.4 is 10.2 Å². The smallest absolute Gasteiger partial charge is 0.250 e. The van der Waals surface area contributed by atoms with Crippen molar-refractivity contribution in [3.8, 4) is 16.3 Å². The standard InChI is InChI=1S/C20H20N4O2S2/c1-2-11-26-17-10-6-7-15(12-17)13-21-22-18(25)14-27-20-24-23-19(28-20)16-8-4-3-5-9-16/h3-10,12-13H,2,11,14H2,1H3,(H,22,25). The second-order valence-corrected chi connectivity index (χ2v) is 7.94. The van der Waals surface area contributed by atoms with Crippen molar-refractivity contribution in [2.75, 3.05) is 12.4 Å². The van der Waals surface area contributed by atoms with Crippen LogP contribution in [0.5, 0.6) is 5.75 Å². The highest BCUT2D eigenvalue weighted by Crippen LogP contribution is 2.28. The first kappa shape index (κ1) is 20.0. The predicted octanol–water partition coefficient (Wildman–Crippen LogP) is 4.24. The van der Waals surface area contributed by atoms with Gasteiger partial charge in [-0.3, -0.25) is 4.79 Å². The number of hydrogen-bond acceptors (Lipinski definition) is 7. The first-order chi connectivity index (χ1) is 13.7. The van der Waals surface area contributed by atoms with Crippen LogP contribution >= 0.6 is 23.1 Å². The average Bonchev–Trinajstić information content (AvgIpc) is 3.21. The van der Waals surface area contributed by atoms with Gasteiger partial charge in [-0.25, -0.2) is 5.43 Å². The molecule has 144 valence electrons. The Labute approximate surface area is 172 Å². The maximum absolute atomic E-state index is 12.0. The van der Waals surface area contributed by atoms with Gasteiger partial charge < -0.3 is 4.74 Å². The van der Waals surface area contributed by atoms with Gasteiger partial charge in [0.1, 0.15) is 10.8 Å². The minimum Gasteiger partial charge on any atom is -0.494 e. The predicted molar refractivity (Wildman–Crippen MR) is 114 cm³/mol. The third kappa shape index (κ3) is 6.17. The van der Waals surface area contributed by atoms with E-state index in [0.717, 1.165) is 32.6 Å². The van der Waals surface area contributed by atoms with Crippen LogP contribution in [0.2, 0.25) is 0 Å². The lowest BCUT2D eigenvalue weighted by Crippen LogP contribution is -2.19. The number of carbonyl (C=O) groups is 1. The Morgan fingerprint density at radius 2 is 2.07 bits per heavy atom. The Bertz CT molecular complexity index is 929. The number of rotatable bonds is 9. The fourth-order valence-electron chi connectivity index (χ4n) is 2.21. The number of nitrogens with zero attached hydrogens (tertiary/aromatic N) is 3. The summed E-state index contributed by atoms with van der Waals surface area (Å²) in [5, 5.41) is 13.1. The van der Waals surface area contributed by atoms with E-state index < -0.39 is 0 Å². The van der Waals surface area contributed by atoms with E-state index in [-0.39, 0.29) is 11.7 Å². The Morgan fingerprint density at radius 1 is 1.21 bits per heavy atom. The Hall–Kier alpha value is -2.71. The minimum absolute atomic E-state index is 0.198. The van der Waals surface area contributed by atoms with Crippen molar-refractivity contribution in [2.24, 2.45) is 5.10 Å². The number of amides is 1. The minimum atomic E-state index is -0.198. The molecular formula is C20H20N4O2S2. The van der Waals surface area contributed by atoms with Crippen molar-refractivity contribution in [2.45, 2.75) is 17.7 Å². The molecular weight excluding hydrogens is 392 g/mol. The van der Waals surface area contributed by atoms with E-state index in [0.29, 0.717) is 6.61 Å². The molecule has 1 amide bonds. The van der Waals surface area contributed by atoms with E-state index in [9.17, 15) is 4.79 Å². The highest BCUT2D eigenvalue weighted by Gasteiger charge is 2.09. The number of nitrogens with one attached hydrogen (secondary N) is 1. The van der Waals surface area contributed by atoms with E-state index in [1.807, 2.05) is 54.6 Å². The lowest BCUT2D eigenvalue weighted by atomic mass is 10.2. The lowest BCUT2D eigenvalue weighted by Gasteiger charge is -2.04. The largest absolute Gasteiger partial charge is 0.494 e. The van der Waals surface area contributed by atoms with E-state index in [4.69, 9.17) is 4.74 Å². The molecule has 0 fully saturated rings. The Balaban J connectivity index is 1.46. The number of aromatic nitrogens is 2. The zero-order chi connectivity index (χ0) is 19.6. The molecule has 28 heavy (non-hydrogen) atoms. The van der Waals surface area contributed by atoms with Gasteiger partial charge in [0.2, 0.25) is 0 Å². The molecule has 2 aromatic carbocycles. The maximum Gasteiger partial charge on any atom is 0.250 e. The van der Waals surface area contributed by atoms with E-state index in [1.165, 1.54) is 23.1 Å². The summed E-state index contributed by atoms with van der Waals surface area (Å²) in [5.74, 6) is 0.815. The molecule has 0 bridgehead atoms. The molecule has 0 aliphatic carbocycles. The summed E-state index contributed by atoms with van der Waals surface area (Å²) in [6.45, 7) is 2.73. The highest BCUT2D eigenvalue weighted by molar-refractivity contribution is 8.01. The molecule has 8 heteroatoms. The van der Waals surface area contributed by atoms with Gasteiger partial charge in [-0.1, -0.05) is 72.5 Å². The van der Waals surface area contributed by atoms with Crippen LogP contribution in [0.4, 0.5) is 0 Å². The van der Waals surface area contributed by atoms with E-state index >= 15 is 0 Å². The van der Waals surface area contributed by atoms with Crippen LogP contribution in [0.25, 0.3) is 10.6 Å². The van der Waals surface area contributed by atoms with Crippen LogP contribution in [0.3, 0.4) is 0 Å². The van der Waals surface area contributed by atoms with Gasteiger partial charge in [0.25, 0.3) is 5.91 Å². The summed E-state index contributed by atoms with van der Waals surface area (Å²) in [6, 6.07) is 17.4. The van der Waals surface area contributed by atoms with Gasteiger partial charge in [0, 0.05) is 5.56 Å². The molecule has 0 saturated heterocycles. The average molecular weight is 413 g/mol. The maximum atomic E-state index is 12.0. The number of thioether (sulfide) groups is 1. The molecule has 0 atom stereocenters. The Morgan fingerprint density at radius 3 is 2.89 bits per heavy atom. The van der Waals surface area contributed by atoms with E-state index in [1.54, 1.807) is 6.21 Å². The summed E-state index contributed by atoms with van der Waals surface area (Å²) in [5.41, 5.74) is 4.41. The van der Waals surface area contributed by atoms with Gasteiger partial charge >= 0.3 is 0 Å². The molecule has 0 unspecified atom stereocenters. The van der Waals surface area contributed by atoms with Crippen LogP contribution in [-0.4, -0.2) is 34.7 Å². The molecule has 0 spiro atoms. The van der Waals surface area contributed by atoms with Crippen LogP contribution in [0, 0.1) is 0 Å². The highest BCUT2D eigenvalue weighted by atomic mass is 32.2. The lowest BCUT2D eigenvalue weighted by molar-refractivity contribution is -0.118. The van der Waals surface area contributed by atoms with Gasteiger partial charge in [0.15, 0.2) is 4.34 Å². The second kappa shape index (κ2) is 10.6. The molecule has 6 nitrogen and oxygen atoms in total. The molecule has 0 saturated carbocycles. The third-order valence-corrected chi connectivity index (χ3v) is 5.59. The van der Waals surface area contributed by atoms with Crippen molar-refractivity contribution in [3.63, 3.8) is 0 Å².